The Morgan fingerprint density at radius 2 is 1.74 bits per heavy atom. The van der Waals surface area contributed by atoms with E-state index in [4.69, 9.17) is 4.42 Å². The summed E-state index contributed by atoms with van der Waals surface area (Å²) in [6.45, 7) is 3.34. The number of carbonyl (C=O) groups excluding carboxylic acids is 2. The second-order valence-electron chi connectivity index (χ2n) is 6.13. The zero-order chi connectivity index (χ0) is 19.0. The molecule has 1 amide bonds. The normalized spacial score (nSPS) is 10.9. The van der Waals surface area contributed by atoms with Crippen LogP contribution in [-0.2, 0) is 0 Å². The van der Waals surface area contributed by atoms with Gasteiger partial charge in [0.1, 0.15) is 5.58 Å². The molecule has 6 heteroatoms. The maximum Gasteiger partial charge on any atom is 0.293 e. The van der Waals surface area contributed by atoms with Gasteiger partial charge in [-0.15, -0.1) is 0 Å². The summed E-state index contributed by atoms with van der Waals surface area (Å²) in [5.41, 5.74) is 2.84. The lowest BCUT2D eigenvalue weighted by Gasteiger charge is -1.99. The lowest BCUT2D eigenvalue weighted by atomic mass is 10.1. The van der Waals surface area contributed by atoms with Crippen molar-refractivity contribution in [1.29, 1.82) is 0 Å². The molecule has 0 atom stereocenters. The molecule has 2 heterocycles. The van der Waals surface area contributed by atoms with Crippen LogP contribution in [0.15, 0.2) is 59.0 Å². The predicted octanol–water partition coefficient (Wildman–Crippen LogP) is 5.32. The molecule has 0 saturated heterocycles. The molecule has 27 heavy (non-hydrogen) atoms. The number of para-hydroxylation sites is 1. The molecule has 2 aromatic heterocycles. The molecule has 0 saturated carbocycles. The number of amides is 1. The Morgan fingerprint density at radius 3 is 2.44 bits per heavy atom. The number of aryl methyl sites for hydroxylation is 1. The van der Waals surface area contributed by atoms with E-state index in [2.05, 4.69) is 10.3 Å². The minimum absolute atomic E-state index is 0.0910. The van der Waals surface area contributed by atoms with Crippen LogP contribution in [0.2, 0.25) is 0 Å². The summed E-state index contributed by atoms with van der Waals surface area (Å²) in [4.78, 5) is 29.7. The van der Waals surface area contributed by atoms with Gasteiger partial charge in [0.05, 0.1) is 10.6 Å². The van der Waals surface area contributed by atoms with Gasteiger partial charge in [-0.2, -0.15) is 0 Å². The molecular weight excluding hydrogens is 360 g/mol. The average molecular weight is 376 g/mol. The molecule has 0 aliphatic rings. The molecular formula is C21H16N2O3S. The highest BCUT2D eigenvalue weighted by Gasteiger charge is 2.21. The molecule has 4 aromatic rings. The van der Waals surface area contributed by atoms with Gasteiger partial charge in [-0.3, -0.25) is 14.9 Å². The monoisotopic (exact) mass is 376 g/mol. The number of anilines is 1. The van der Waals surface area contributed by atoms with Crippen molar-refractivity contribution in [2.45, 2.75) is 13.8 Å². The number of nitrogens with one attached hydrogen (secondary N) is 1. The van der Waals surface area contributed by atoms with Crippen molar-refractivity contribution in [1.82, 2.24) is 4.98 Å². The van der Waals surface area contributed by atoms with Gasteiger partial charge in [0, 0.05) is 23.4 Å². The third kappa shape index (κ3) is 3.15. The standard InChI is InChI=1S/C21H16N2O3S/c1-12-15-10-6-7-11-16(15)26-18(12)20(25)23-21-22-17(19(27-21)13(2)24)14-8-4-3-5-9-14/h3-11H,1-2H3,(H,22,23,25). The number of rotatable bonds is 4. The molecule has 0 aliphatic heterocycles. The highest BCUT2D eigenvalue weighted by Crippen LogP contribution is 2.32. The molecule has 0 fully saturated rings. The van der Waals surface area contributed by atoms with E-state index in [1.807, 2.05) is 61.5 Å². The summed E-state index contributed by atoms with van der Waals surface area (Å²) >= 11 is 1.16. The lowest BCUT2D eigenvalue weighted by Crippen LogP contribution is -2.11. The van der Waals surface area contributed by atoms with Gasteiger partial charge in [-0.05, 0) is 13.0 Å². The van der Waals surface area contributed by atoms with Crippen LogP contribution < -0.4 is 5.32 Å². The Hall–Kier alpha value is -3.25. The zero-order valence-electron chi connectivity index (χ0n) is 14.8. The minimum atomic E-state index is -0.382. The fourth-order valence-electron chi connectivity index (χ4n) is 2.95. The molecule has 0 bridgehead atoms. The summed E-state index contributed by atoms with van der Waals surface area (Å²) in [7, 11) is 0. The van der Waals surface area contributed by atoms with E-state index in [1.165, 1.54) is 6.92 Å². The molecule has 0 spiro atoms. The zero-order valence-corrected chi connectivity index (χ0v) is 15.6. The van der Waals surface area contributed by atoms with E-state index in [9.17, 15) is 9.59 Å². The van der Waals surface area contributed by atoms with Gasteiger partial charge in [0.2, 0.25) is 0 Å². The first-order chi connectivity index (χ1) is 13.0. The van der Waals surface area contributed by atoms with Crippen LogP contribution in [0.3, 0.4) is 0 Å². The minimum Gasteiger partial charge on any atom is -0.451 e. The number of ketones is 1. The number of Topliss-reactive ketones (excluding diaryl/α,β-unsaturated/α-hetero) is 1. The van der Waals surface area contributed by atoms with Gasteiger partial charge in [0.25, 0.3) is 5.91 Å². The lowest BCUT2D eigenvalue weighted by molar-refractivity contribution is 0.0995. The van der Waals surface area contributed by atoms with Crippen molar-refractivity contribution in [3.05, 3.63) is 70.8 Å². The summed E-state index contributed by atoms with van der Waals surface area (Å²) in [5.74, 6) is -0.226. The quantitative estimate of drug-likeness (QED) is 0.489. The van der Waals surface area contributed by atoms with Crippen molar-refractivity contribution >= 4 is 39.1 Å². The topological polar surface area (TPSA) is 72.2 Å². The SMILES string of the molecule is CC(=O)c1sc(NC(=O)c2oc3ccccc3c2C)nc1-c1ccccc1. The second kappa shape index (κ2) is 6.81. The Bertz CT molecular complexity index is 1160. The number of fused-ring (bicyclic) bond motifs is 1. The first kappa shape index (κ1) is 17.2. The van der Waals surface area contributed by atoms with E-state index >= 15 is 0 Å². The fraction of sp³-hybridized carbons (Fsp3) is 0.0952. The molecule has 4 rings (SSSR count). The molecule has 0 aliphatic carbocycles. The van der Waals surface area contributed by atoms with E-state index in [-0.39, 0.29) is 17.5 Å². The molecule has 0 unspecified atom stereocenters. The largest absolute Gasteiger partial charge is 0.451 e. The molecule has 134 valence electrons. The maximum atomic E-state index is 12.7. The van der Waals surface area contributed by atoms with Gasteiger partial charge >= 0.3 is 0 Å². The van der Waals surface area contributed by atoms with Crippen molar-refractivity contribution in [2.75, 3.05) is 5.32 Å². The third-order valence-corrected chi connectivity index (χ3v) is 5.34. The Morgan fingerprint density at radius 1 is 1.04 bits per heavy atom. The predicted molar refractivity (Wildman–Crippen MR) is 106 cm³/mol. The van der Waals surface area contributed by atoms with E-state index in [1.54, 1.807) is 0 Å². The van der Waals surface area contributed by atoms with Crippen LogP contribution in [0.1, 0.15) is 32.7 Å². The van der Waals surface area contributed by atoms with Gasteiger partial charge < -0.3 is 4.42 Å². The van der Waals surface area contributed by atoms with Crippen molar-refractivity contribution in [3.63, 3.8) is 0 Å². The smallest absolute Gasteiger partial charge is 0.293 e. The second-order valence-corrected chi connectivity index (χ2v) is 7.12. The van der Waals surface area contributed by atoms with Crippen LogP contribution >= 0.6 is 11.3 Å². The Balaban J connectivity index is 1.69. The van der Waals surface area contributed by atoms with Crippen LogP contribution in [0.4, 0.5) is 5.13 Å². The number of hydrogen-bond acceptors (Lipinski definition) is 5. The number of thiazole rings is 1. The van der Waals surface area contributed by atoms with Crippen LogP contribution in [0, 0.1) is 6.92 Å². The highest BCUT2D eigenvalue weighted by molar-refractivity contribution is 7.18. The van der Waals surface area contributed by atoms with Crippen molar-refractivity contribution in [2.24, 2.45) is 0 Å². The third-order valence-electron chi connectivity index (χ3n) is 4.26. The Kier molecular flexibility index (Phi) is 4.33. The first-order valence-corrected chi connectivity index (χ1v) is 9.23. The summed E-state index contributed by atoms with van der Waals surface area (Å²) < 4.78 is 5.70. The van der Waals surface area contributed by atoms with Gasteiger partial charge in [-0.1, -0.05) is 59.9 Å². The first-order valence-electron chi connectivity index (χ1n) is 8.41. The van der Waals surface area contributed by atoms with Crippen LogP contribution in [0.25, 0.3) is 22.2 Å². The van der Waals surface area contributed by atoms with E-state index in [0.717, 1.165) is 27.8 Å². The number of nitrogens with zero attached hydrogens (tertiary/aromatic N) is 1. The molecule has 0 radical (unpaired) electrons. The van der Waals surface area contributed by atoms with Crippen molar-refractivity contribution in [3.8, 4) is 11.3 Å². The fourth-order valence-corrected chi connectivity index (χ4v) is 3.83. The van der Waals surface area contributed by atoms with E-state index < -0.39 is 0 Å². The summed E-state index contributed by atoms with van der Waals surface area (Å²) in [5, 5.41) is 4.03. The average Bonchev–Trinajstić information content (AvgIpc) is 3.24. The number of carbonyl (C=O) groups is 2. The number of hydrogen-bond donors (Lipinski definition) is 1. The number of aromatic nitrogens is 1. The molecule has 5 nitrogen and oxygen atoms in total. The maximum absolute atomic E-state index is 12.7. The molecule has 1 N–H and O–H groups in total. The van der Waals surface area contributed by atoms with Crippen LogP contribution in [-0.4, -0.2) is 16.7 Å². The van der Waals surface area contributed by atoms with E-state index in [0.29, 0.717) is 21.3 Å². The Labute approximate surface area is 159 Å². The summed E-state index contributed by atoms with van der Waals surface area (Å²) in [6.07, 6.45) is 0. The molecule has 2 aromatic carbocycles. The highest BCUT2D eigenvalue weighted by atomic mass is 32.1. The van der Waals surface area contributed by atoms with Crippen LogP contribution in [0.5, 0.6) is 0 Å². The van der Waals surface area contributed by atoms with Gasteiger partial charge in [-0.25, -0.2) is 4.98 Å². The van der Waals surface area contributed by atoms with Crippen molar-refractivity contribution < 1.29 is 14.0 Å². The number of benzene rings is 2. The number of furan rings is 1. The summed E-state index contributed by atoms with van der Waals surface area (Å²) in [6, 6.07) is 16.9. The van der Waals surface area contributed by atoms with Gasteiger partial charge in [0.15, 0.2) is 16.7 Å².